The molecule has 0 spiro atoms. The van der Waals surface area contributed by atoms with Gasteiger partial charge in [0.15, 0.2) is 0 Å². The first-order valence-corrected chi connectivity index (χ1v) is 4.76. The van der Waals surface area contributed by atoms with E-state index in [2.05, 4.69) is 0 Å². The van der Waals surface area contributed by atoms with Crippen LogP contribution in [0.1, 0.15) is 5.56 Å². The van der Waals surface area contributed by atoms with Crippen LogP contribution in [0.25, 0.3) is 0 Å². The van der Waals surface area contributed by atoms with E-state index in [4.69, 9.17) is 21.4 Å². The SMILES string of the molecule is Cc1cc(Cl)ccc1OC/C=C/C(=O)O. The van der Waals surface area contributed by atoms with Gasteiger partial charge in [0.05, 0.1) is 0 Å². The van der Waals surface area contributed by atoms with Crippen LogP contribution in [-0.2, 0) is 4.79 Å². The molecule has 0 fully saturated rings. The first-order valence-electron chi connectivity index (χ1n) is 4.38. The van der Waals surface area contributed by atoms with Crippen LogP contribution in [0.4, 0.5) is 0 Å². The fourth-order valence-electron chi connectivity index (χ4n) is 1.06. The Morgan fingerprint density at radius 1 is 1.60 bits per heavy atom. The standard InChI is InChI=1S/C11H11ClO3/c1-8-7-9(12)4-5-10(8)15-6-2-3-11(13)14/h2-5,7H,6H2,1H3,(H,13,14)/b3-2+. The molecular weight excluding hydrogens is 216 g/mol. The van der Waals surface area contributed by atoms with Gasteiger partial charge < -0.3 is 9.84 Å². The third kappa shape index (κ3) is 4.04. The van der Waals surface area contributed by atoms with Crippen molar-refractivity contribution in [3.8, 4) is 5.75 Å². The highest BCUT2D eigenvalue weighted by molar-refractivity contribution is 6.30. The molecule has 1 rings (SSSR count). The molecular formula is C11H11ClO3. The number of hydrogen-bond donors (Lipinski definition) is 1. The van der Waals surface area contributed by atoms with Gasteiger partial charge in [-0.15, -0.1) is 0 Å². The molecule has 1 N–H and O–H groups in total. The van der Waals surface area contributed by atoms with Crippen LogP contribution in [0.2, 0.25) is 5.02 Å². The Bertz CT molecular complexity index is 385. The van der Waals surface area contributed by atoms with Crippen molar-refractivity contribution < 1.29 is 14.6 Å². The predicted octanol–water partition coefficient (Wildman–Crippen LogP) is 2.67. The molecule has 0 saturated heterocycles. The number of hydrogen-bond acceptors (Lipinski definition) is 2. The zero-order valence-electron chi connectivity index (χ0n) is 8.24. The summed E-state index contributed by atoms with van der Waals surface area (Å²) in [6.45, 7) is 2.11. The molecule has 0 aromatic heterocycles. The van der Waals surface area contributed by atoms with E-state index < -0.39 is 5.97 Å². The Kier molecular flexibility index (Phi) is 4.18. The third-order valence-electron chi connectivity index (χ3n) is 1.73. The van der Waals surface area contributed by atoms with Crippen LogP contribution >= 0.6 is 11.6 Å². The number of carboxylic acid groups (broad SMARTS) is 1. The second kappa shape index (κ2) is 5.41. The van der Waals surface area contributed by atoms with Crippen LogP contribution in [0, 0.1) is 6.92 Å². The summed E-state index contributed by atoms with van der Waals surface area (Å²) in [5.74, 6) is -0.277. The zero-order valence-corrected chi connectivity index (χ0v) is 8.99. The van der Waals surface area contributed by atoms with Crippen LogP contribution in [0.3, 0.4) is 0 Å². The summed E-state index contributed by atoms with van der Waals surface area (Å²) < 4.78 is 5.33. The molecule has 3 nitrogen and oxygen atoms in total. The van der Waals surface area contributed by atoms with Gasteiger partial charge >= 0.3 is 5.97 Å². The molecule has 0 atom stereocenters. The maximum atomic E-state index is 10.2. The average Bonchev–Trinajstić information content (AvgIpc) is 2.14. The summed E-state index contributed by atoms with van der Waals surface area (Å²) >= 11 is 5.77. The van der Waals surface area contributed by atoms with Crippen LogP contribution in [0.5, 0.6) is 5.75 Å². The first-order chi connectivity index (χ1) is 7.09. The summed E-state index contributed by atoms with van der Waals surface area (Å²) in [4.78, 5) is 10.2. The summed E-state index contributed by atoms with van der Waals surface area (Å²) in [6, 6.07) is 5.27. The van der Waals surface area contributed by atoms with Crippen LogP contribution in [0.15, 0.2) is 30.4 Å². The van der Waals surface area contributed by atoms with E-state index >= 15 is 0 Å². The van der Waals surface area contributed by atoms with E-state index in [1.807, 2.05) is 6.92 Å². The minimum absolute atomic E-state index is 0.231. The molecule has 0 aliphatic heterocycles. The van der Waals surface area contributed by atoms with Gasteiger partial charge in [-0.1, -0.05) is 11.6 Å². The Labute approximate surface area is 92.9 Å². The van der Waals surface area contributed by atoms with Crippen LogP contribution in [-0.4, -0.2) is 17.7 Å². The van der Waals surface area contributed by atoms with Gasteiger partial charge in [0.1, 0.15) is 12.4 Å². The van der Waals surface area contributed by atoms with E-state index in [0.717, 1.165) is 11.6 Å². The van der Waals surface area contributed by atoms with Gasteiger partial charge in [-0.2, -0.15) is 0 Å². The summed E-state index contributed by atoms with van der Waals surface area (Å²) in [6.07, 6.45) is 2.49. The molecule has 0 amide bonds. The molecule has 0 radical (unpaired) electrons. The lowest BCUT2D eigenvalue weighted by atomic mass is 10.2. The number of aliphatic carboxylic acids is 1. The van der Waals surface area contributed by atoms with Gasteiger partial charge in [0, 0.05) is 11.1 Å². The van der Waals surface area contributed by atoms with E-state index in [1.165, 1.54) is 6.08 Å². The largest absolute Gasteiger partial charge is 0.489 e. The minimum Gasteiger partial charge on any atom is -0.489 e. The second-order valence-electron chi connectivity index (χ2n) is 2.96. The molecule has 0 unspecified atom stereocenters. The maximum Gasteiger partial charge on any atom is 0.328 e. The van der Waals surface area contributed by atoms with Crippen LogP contribution < -0.4 is 4.74 Å². The Morgan fingerprint density at radius 2 is 2.33 bits per heavy atom. The molecule has 1 aromatic carbocycles. The Morgan fingerprint density at radius 3 is 2.93 bits per heavy atom. The van der Waals surface area contributed by atoms with Crippen molar-refractivity contribution >= 4 is 17.6 Å². The fourth-order valence-corrected chi connectivity index (χ4v) is 1.29. The van der Waals surface area contributed by atoms with Gasteiger partial charge in [0.25, 0.3) is 0 Å². The normalized spacial score (nSPS) is 10.5. The number of carbonyl (C=O) groups is 1. The number of carboxylic acids is 1. The highest BCUT2D eigenvalue weighted by atomic mass is 35.5. The van der Waals surface area contributed by atoms with Gasteiger partial charge in [-0.25, -0.2) is 4.79 Å². The summed E-state index contributed by atoms with van der Waals surface area (Å²) in [5.41, 5.74) is 0.922. The zero-order chi connectivity index (χ0) is 11.3. The third-order valence-corrected chi connectivity index (χ3v) is 1.97. The van der Waals surface area contributed by atoms with Gasteiger partial charge in [0.2, 0.25) is 0 Å². The number of halogens is 1. The second-order valence-corrected chi connectivity index (χ2v) is 3.40. The molecule has 0 aliphatic rings. The van der Waals surface area contributed by atoms with Crippen molar-refractivity contribution in [2.75, 3.05) is 6.61 Å². The maximum absolute atomic E-state index is 10.2. The molecule has 0 heterocycles. The van der Waals surface area contributed by atoms with Crippen molar-refractivity contribution in [3.05, 3.63) is 40.9 Å². The van der Waals surface area contributed by atoms with Crippen molar-refractivity contribution in [1.82, 2.24) is 0 Å². The topological polar surface area (TPSA) is 46.5 Å². The highest BCUT2D eigenvalue weighted by Gasteiger charge is 1.98. The number of benzene rings is 1. The van der Waals surface area contributed by atoms with E-state index in [-0.39, 0.29) is 6.61 Å². The summed E-state index contributed by atoms with van der Waals surface area (Å²) in [7, 11) is 0. The van der Waals surface area contributed by atoms with Crippen molar-refractivity contribution in [3.63, 3.8) is 0 Å². The molecule has 1 aromatic rings. The molecule has 80 valence electrons. The van der Waals surface area contributed by atoms with E-state index in [1.54, 1.807) is 18.2 Å². The lowest BCUT2D eigenvalue weighted by Crippen LogP contribution is -1.97. The monoisotopic (exact) mass is 226 g/mol. The number of ether oxygens (including phenoxy) is 1. The quantitative estimate of drug-likeness (QED) is 0.803. The molecule has 0 aliphatic carbocycles. The smallest absolute Gasteiger partial charge is 0.328 e. The van der Waals surface area contributed by atoms with E-state index in [9.17, 15) is 4.79 Å². The van der Waals surface area contributed by atoms with E-state index in [0.29, 0.717) is 10.8 Å². The predicted molar refractivity (Wildman–Crippen MR) is 58.5 cm³/mol. The van der Waals surface area contributed by atoms with Gasteiger partial charge in [-0.3, -0.25) is 0 Å². The van der Waals surface area contributed by atoms with Crippen molar-refractivity contribution in [1.29, 1.82) is 0 Å². The fraction of sp³-hybridized carbons (Fsp3) is 0.182. The van der Waals surface area contributed by atoms with Crippen molar-refractivity contribution in [2.24, 2.45) is 0 Å². The van der Waals surface area contributed by atoms with Gasteiger partial charge in [-0.05, 0) is 36.8 Å². The molecule has 15 heavy (non-hydrogen) atoms. The Hall–Kier alpha value is -1.48. The average molecular weight is 227 g/mol. The molecule has 0 bridgehead atoms. The number of rotatable bonds is 4. The molecule has 0 saturated carbocycles. The highest BCUT2D eigenvalue weighted by Crippen LogP contribution is 2.21. The lowest BCUT2D eigenvalue weighted by Gasteiger charge is -2.06. The first kappa shape index (κ1) is 11.6. The minimum atomic E-state index is -0.980. The number of aryl methyl sites for hydroxylation is 1. The van der Waals surface area contributed by atoms with Crippen molar-refractivity contribution in [2.45, 2.75) is 6.92 Å². The summed E-state index contributed by atoms with van der Waals surface area (Å²) in [5, 5.41) is 9.00. The lowest BCUT2D eigenvalue weighted by molar-refractivity contribution is -0.131. The Balaban J connectivity index is 2.54. The molecule has 4 heteroatoms.